The number of nitrogens with zero attached hydrogens (tertiary/aromatic N) is 2. The maximum absolute atomic E-state index is 13.4. The van der Waals surface area contributed by atoms with Crippen LogP contribution in [0.5, 0.6) is 0 Å². The topological polar surface area (TPSA) is 86.8 Å². The molecule has 174 valence electrons. The molecule has 2 aromatic carbocycles. The third-order valence-corrected chi connectivity index (χ3v) is 6.64. The summed E-state index contributed by atoms with van der Waals surface area (Å²) in [6.07, 6.45) is 0.990. The fraction of sp³-hybridized carbons (Fsp3) is 0.364. The molecule has 0 aliphatic carbocycles. The van der Waals surface area contributed by atoms with Crippen LogP contribution in [0.25, 0.3) is 0 Å². The van der Waals surface area contributed by atoms with Crippen LogP contribution in [0.2, 0.25) is 10.0 Å². The summed E-state index contributed by atoms with van der Waals surface area (Å²) in [5, 5.41) is 3.14. The summed E-state index contributed by atoms with van der Waals surface area (Å²) in [6, 6.07) is 11.0. The monoisotopic (exact) mass is 499 g/mol. The fourth-order valence-electron chi connectivity index (χ4n) is 3.15. The molecular weight excluding hydrogens is 473 g/mol. The number of amides is 2. The molecule has 0 saturated heterocycles. The predicted molar refractivity (Wildman–Crippen MR) is 129 cm³/mol. The van der Waals surface area contributed by atoms with E-state index in [2.05, 4.69) is 5.32 Å². The maximum Gasteiger partial charge on any atom is 0.244 e. The second kappa shape index (κ2) is 11.0. The SMILES string of the molecule is CCNC(=O)[C@@H](C)N(Cc1ccccc1C)C(=O)CN(c1ccc(Cl)cc1Cl)S(C)(=O)=O. The largest absolute Gasteiger partial charge is 0.355 e. The zero-order valence-corrected chi connectivity index (χ0v) is 20.8. The summed E-state index contributed by atoms with van der Waals surface area (Å²) >= 11 is 12.1. The van der Waals surface area contributed by atoms with E-state index in [0.29, 0.717) is 11.6 Å². The number of likely N-dealkylation sites (N-methyl/N-ethyl adjacent to an activating group) is 1. The Morgan fingerprint density at radius 3 is 2.34 bits per heavy atom. The highest BCUT2D eigenvalue weighted by Gasteiger charge is 2.30. The first-order valence-corrected chi connectivity index (χ1v) is 12.6. The van der Waals surface area contributed by atoms with Crippen LogP contribution in [0, 0.1) is 6.92 Å². The predicted octanol–water partition coefficient (Wildman–Crippen LogP) is 3.62. The fourth-order valence-corrected chi connectivity index (χ4v) is 4.58. The van der Waals surface area contributed by atoms with E-state index in [9.17, 15) is 18.0 Å². The molecule has 2 rings (SSSR count). The Kier molecular flexibility index (Phi) is 8.95. The molecule has 0 aliphatic rings. The van der Waals surface area contributed by atoms with Crippen LogP contribution < -0.4 is 9.62 Å². The molecule has 7 nitrogen and oxygen atoms in total. The Morgan fingerprint density at radius 1 is 1.12 bits per heavy atom. The molecule has 0 aromatic heterocycles. The Balaban J connectivity index is 2.43. The van der Waals surface area contributed by atoms with E-state index >= 15 is 0 Å². The number of hydrogen-bond donors (Lipinski definition) is 1. The van der Waals surface area contributed by atoms with E-state index in [4.69, 9.17) is 23.2 Å². The van der Waals surface area contributed by atoms with Crippen molar-refractivity contribution in [3.63, 3.8) is 0 Å². The number of sulfonamides is 1. The highest BCUT2D eigenvalue weighted by molar-refractivity contribution is 7.92. The molecule has 0 spiro atoms. The van der Waals surface area contributed by atoms with Crippen molar-refractivity contribution in [1.29, 1.82) is 0 Å². The van der Waals surface area contributed by atoms with Crippen molar-refractivity contribution in [2.24, 2.45) is 0 Å². The number of benzene rings is 2. The normalized spacial score (nSPS) is 12.2. The zero-order chi connectivity index (χ0) is 24.1. The lowest BCUT2D eigenvalue weighted by molar-refractivity contribution is -0.139. The highest BCUT2D eigenvalue weighted by atomic mass is 35.5. The van der Waals surface area contributed by atoms with Crippen molar-refractivity contribution in [1.82, 2.24) is 10.2 Å². The summed E-state index contributed by atoms with van der Waals surface area (Å²) in [5.74, 6) is -0.867. The van der Waals surface area contributed by atoms with Crippen LogP contribution in [0.1, 0.15) is 25.0 Å². The summed E-state index contributed by atoms with van der Waals surface area (Å²) in [6.45, 7) is 5.34. The molecule has 2 aromatic rings. The molecule has 0 aliphatic heterocycles. The minimum Gasteiger partial charge on any atom is -0.355 e. The molecule has 1 N–H and O–H groups in total. The lowest BCUT2D eigenvalue weighted by atomic mass is 10.1. The standard InChI is InChI=1S/C22H27Cl2N3O4S/c1-5-25-22(29)16(3)26(13-17-9-7-6-8-15(17)2)21(28)14-27(32(4,30)31)20-11-10-18(23)12-19(20)24/h6-12,16H,5,13-14H2,1-4H3,(H,25,29)/t16-/m1/s1. The van der Waals surface area contributed by atoms with Gasteiger partial charge in [-0.3, -0.25) is 13.9 Å². The van der Waals surface area contributed by atoms with Crippen molar-refractivity contribution < 1.29 is 18.0 Å². The Labute approximate surface area is 199 Å². The van der Waals surface area contributed by atoms with Gasteiger partial charge in [0.25, 0.3) is 0 Å². The van der Waals surface area contributed by atoms with Crippen molar-refractivity contribution in [3.8, 4) is 0 Å². The molecule has 0 saturated carbocycles. The lowest BCUT2D eigenvalue weighted by Gasteiger charge is -2.32. The number of hydrogen-bond acceptors (Lipinski definition) is 4. The number of aryl methyl sites for hydroxylation is 1. The third kappa shape index (κ3) is 6.60. The number of nitrogens with one attached hydrogen (secondary N) is 1. The second-order valence-corrected chi connectivity index (χ2v) is 10.1. The van der Waals surface area contributed by atoms with Gasteiger partial charge in [0.1, 0.15) is 12.6 Å². The number of carbonyl (C=O) groups excluding carboxylic acids is 2. The van der Waals surface area contributed by atoms with Gasteiger partial charge in [-0.1, -0.05) is 47.5 Å². The first-order chi connectivity index (χ1) is 15.0. The van der Waals surface area contributed by atoms with Crippen molar-refractivity contribution in [2.45, 2.75) is 33.4 Å². The zero-order valence-electron chi connectivity index (χ0n) is 18.4. The minimum absolute atomic E-state index is 0.0953. The second-order valence-electron chi connectivity index (χ2n) is 7.38. The van der Waals surface area contributed by atoms with Crippen molar-refractivity contribution in [2.75, 3.05) is 23.7 Å². The lowest BCUT2D eigenvalue weighted by Crippen LogP contribution is -2.51. The first kappa shape index (κ1) is 26.0. The Bertz CT molecular complexity index is 1090. The number of rotatable bonds is 9. The van der Waals surface area contributed by atoms with Crippen molar-refractivity contribution in [3.05, 3.63) is 63.6 Å². The molecule has 0 bridgehead atoms. The van der Waals surface area contributed by atoms with E-state index in [1.54, 1.807) is 13.8 Å². The first-order valence-electron chi connectivity index (χ1n) is 10.00. The van der Waals surface area contributed by atoms with Gasteiger partial charge in [0.15, 0.2) is 0 Å². The summed E-state index contributed by atoms with van der Waals surface area (Å²) < 4.78 is 26.0. The molecule has 32 heavy (non-hydrogen) atoms. The summed E-state index contributed by atoms with van der Waals surface area (Å²) in [5.41, 5.74) is 1.94. The van der Waals surface area contributed by atoms with Crippen LogP contribution in [-0.2, 0) is 26.2 Å². The van der Waals surface area contributed by atoms with Gasteiger partial charge < -0.3 is 10.2 Å². The average molecular weight is 500 g/mol. The number of anilines is 1. The van der Waals surface area contributed by atoms with Crippen LogP contribution in [-0.4, -0.2) is 50.5 Å². The molecule has 10 heteroatoms. The third-order valence-electron chi connectivity index (χ3n) is 4.98. The van der Waals surface area contributed by atoms with Crippen LogP contribution in [0.4, 0.5) is 5.69 Å². The molecule has 1 atom stereocenters. The van der Waals surface area contributed by atoms with Gasteiger partial charge in [-0.25, -0.2) is 8.42 Å². The molecule has 0 unspecified atom stereocenters. The maximum atomic E-state index is 13.4. The van der Waals surface area contributed by atoms with E-state index < -0.39 is 28.5 Å². The van der Waals surface area contributed by atoms with Crippen molar-refractivity contribution >= 4 is 50.7 Å². The van der Waals surface area contributed by atoms with Gasteiger partial charge >= 0.3 is 0 Å². The summed E-state index contributed by atoms with van der Waals surface area (Å²) in [4.78, 5) is 27.3. The number of halogens is 2. The number of carbonyl (C=O) groups is 2. The van der Waals surface area contributed by atoms with Gasteiger partial charge in [0.05, 0.1) is 17.0 Å². The van der Waals surface area contributed by atoms with Gasteiger partial charge in [-0.15, -0.1) is 0 Å². The van der Waals surface area contributed by atoms with E-state index in [1.165, 1.54) is 23.1 Å². The van der Waals surface area contributed by atoms with Crippen LogP contribution in [0.3, 0.4) is 0 Å². The van der Waals surface area contributed by atoms with Gasteiger partial charge in [-0.05, 0) is 50.1 Å². The van der Waals surface area contributed by atoms with Gasteiger partial charge in [-0.2, -0.15) is 0 Å². The average Bonchev–Trinajstić information content (AvgIpc) is 2.70. The van der Waals surface area contributed by atoms with E-state index in [0.717, 1.165) is 21.7 Å². The van der Waals surface area contributed by atoms with Crippen LogP contribution >= 0.6 is 23.2 Å². The summed E-state index contributed by atoms with van der Waals surface area (Å²) in [7, 11) is -3.86. The van der Waals surface area contributed by atoms with Crippen LogP contribution in [0.15, 0.2) is 42.5 Å². The molecule has 0 fully saturated rings. The van der Waals surface area contributed by atoms with E-state index in [-0.39, 0.29) is 23.2 Å². The van der Waals surface area contributed by atoms with Gasteiger partial charge in [0, 0.05) is 18.1 Å². The molecule has 2 amide bonds. The Morgan fingerprint density at radius 2 is 1.78 bits per heavy atom. The molecule has 0 heterocycles. The smallest absolute Gasteiger partial charge is 0.244 e. The quantitative estimate of drug-likeness (QED) is 0.570. The highest BCUT2D eigenvalue weighted by Crippen LogP contribution is 2.30. The van der Waals surface area contributed by atoms with E-state index in [1.807, 2.05) is 31.2 Å². The molecule has 0 radical (unpaired) electrons. The van der Waals surface area contributed by atoms with Gasteiger partial charge in [0.2, 0.25) is 21.8 Å². The molecular formula is C22H27Cl2N3O4S. The minimum atomic E-state index is -3.86. The Hall–Kier alpha value is -2.29.